The zero-order valence-electron chi connectivity index (χ0n) is 12.6. The summed E-state index contributed by atoms with van der Waals surface area (Å²) in [5, 5.41) is 0.437. The molecule has 0 bridgehead atoms. The van der Waals surface area contributed by atoms with Gasteiger partial charge in [0.25, 0.3) is 0 Å². The van der Waals surface area contributed by atoms with Crippen molar-refractivity contribution in [3.05, 3.63) is 29.3 Å². The molecule has 1 aromatic carbocycles. The number of ether oxygens (including phenoxy) is 2. The first-order valence-electron chi connectivity index (χ1n) is 6.64. The average Bonchev–Trinajstić information content (AvgIpc) is 2.47. The fourth-order valence-corrected chi connectivity index (χ4v) is 3.09. The molecule has 0 unspecified atom stereocenters. The summed E-state index contributed by atoms with van der Waals surface area (Å²) in [5.41, 5.74) is 0. The molecule has 0 heterocycles. The molecule has 0 aliphatic rings. The van der Waals surface area contributed by atoms with Crippen molar-refractivity contribution in [3.8, 4) is 0 Å². The molecule has 0 fully saturated rings. The van der Waals surface area contributed by atoms with Gasteiger partial charge in [0.05, 0.1) is 18.1 Å². The van der Waals surface area contributed by atoms with E-state index in [0.29, 0.717) is 31.3 Å². The van der Waals surface area contributed by atoms with Crippen LogP contribution < -0.4 is 0 Å². The SMILES string of the molecule is COCCN(CCOC)C(=O)CS(=O)(=O)c1ccc(Cl)cc1. The number of halogens is 1. The third-order valence-corrected chi connectivity index (χ3v) is 4.84. The first kappa shape index (κ1) is 18.9. The van der Waals surface area contributed by atoms with E-state index in [9.17, 15) is 13.2 Å². The molecular formula is C14H20ClNO5S. The van der Waals surface area contributed by atoms with Crippen molar-refractivity contribution < 1.29 is 22.7 Å². The van der Waals surface area contributed by atoms with Crippen molar-refractivity contribution in [1.29, 1.82) is 0 Å². The third kappa shape index (κ3) is 5.92. The molecule has 124 valence electrons. The lowest BCUT2D eigenvalue weighted by Gasteiger charge is -2.22. The maximum absolute atomic E-state index is 12.3. The smallest absolute Gasteiger partial charge is 0.238 e. The van der Waals surface area contributed by atoms with Gasteiger partial charge in [-0.05, 0) is 24.3 Å². The third-order valence-electron chi connectivity index (χ3n) is 2.97. The fraction of sp³-hybridized carbons (Fsp3) is 0.500. The number of carbonyl (C=O) groups is 1. The first-order valence-corrected chi connectivity index (χ1v) is 8.67. The highest BCUT2D eigenvalue weighted by atomic mass is 35.5. The Balaban J connectivity index is 2.79. The van der Waals surface area contributed by atoms with E-state index in [1.807, 2.05) is 0 Å². The Morgan fingerprint density at radius 1 is 1.09 bits per heavy atom. The van der Waals surface area contributed by atoms with Crippen LogP contribution in [0.15, 0.2) is 29.2 Å². The molecule has 0 spiro atoms. The molecule has 0 atom stereocenters. The zero-order chi connectivity index (χ0) is 16.6. The summed E-state index contributed by atoms with van der Waals surface area (Å²) in [5.74, 6) is -1.08. The highest BCUT2D eigenvalue weighted by Gasteiger charge is 2.23. The minimum Gasteiger partial charge on any atom is -0.383 e. The number of amides is 1. The number of benzene rings is 1. The topological polar surface area (TPSA) is 72.9 Å². The largest absolute Gasteiger partial charge is 0.383 e. The van der Waals surface area contributed by atoms with E-state index in [-0.39, 0.29) is 4.90 Å². The highest BCUT2D eigenvalue weighted by molar-refractivity contribution is 7.92. The molecule has 6 nitrogen and oxygen atoms in total. The Labute approximate surface area is 135 Å². The highest BCUT2D eigenvalue weighted by Crippen LogP contribution is 2.15. The summed E-state index contributed by atoms with van der Waals surface area (Å²) in [6.07, 6.45) is 0. The van der Waals surface area contributed by atoms with Crippen LogP contribution in [-0.2, 0) is 24.1 Å². The van der Waals surface area contributed by atoms with Gasteiger partial charge in [-0.1, -0.05) is 11.6 Å². The number of hydrogen-bond donors (Lipinski definition) is 0. The standard InChI is InChI=1S/C14H20ClNO5S/c1-20-9-7-16(8-10-21-2)14(17)11-22(18,19)13-5-3-12(15)4-6-13/h3-6H,7-11H2,1-2H3. The maximum atomic E-state index is 12.3. The van der Waals surface area contributed by atoms with Crippen LogP contribution in [0.5, 0.6) is 0 Å². The molecule has 1 aromatic rings. The van der Waals surface area contributed by atoms with Crippen molar-refractivity contribution in [1.82, 2.24) is 4.90 Å². The summed E-state index contributed by atoms with van der Waals surface area (Å²) in [4.78, 5) is 13.7. The van der Waals surface area contributed by atoms with Gasteiger partial charge in [-0.15, -0.1) is 0 Å². The van der Waals surface area contributed by atoms with Gasteiger partial charge in [0, 0.05) is 32.3 Å². The van der Waals surface area contributed by atoms with Gasteiger partial charge in [0.1, 0.15) is 5.75 Å². The Morgan fingerprint density at radius 2 is 1.59 bits per heavy atom. The second-order valence-electron chi connectivity index (χ2n) is 4.58. The van der Waals surface area contributed by atoms with Gasteiger partial charge in [0.2, 0.25) is 5.91 Å². The lowest BCUT2D eigenvalue weighted by Crippen LogP contribution is -2.40. The van der Waals surface area contributed by atoms with Gasteiger partial charge in [-0.3, -0.25) is 4.79 Å². The summed E-state index contributed by atoms with van der Waals surface area (Å²) < 4.78 is 34.4. The zero-order valence-corrected chi connectivity index (χ0v) is 14.2. The molecule has 0 radical (unpaired) electrons. The van der Waals surface area contributed by atoms with Crippen LogP contribution in [0.4, 0.5) is 0 Å². The van der Waals surface area contributed by atoms with Crippen LogP contribution in [-0.4, -0.2) is 65.5 Å². The first-order chi connectivity index (χ1) is 10.4. The molecule has 1 rings (SSSR count). The summed E-state index contributed by atoms with van der Waals surface area (Å²) in [6, 6.07) is 5.73. The van der Waals surface area contributed by atoms with E-state index in [2.05, 4.69) is 0 Å². The average molecular weight is 350 g/mol. The van der Waals surface area contributed by atoms with Crippen molar-refractivity contribution in [2.24, 2.45) is 0 Å². The van der Waals surface area contributed by atoms with Crippen LogP contribution >= 0.6 is 11.6 Å². The minimum atomic E-state index is -3.70. The minimum absolute atomic E-state index is 0.0729. The molecule has 0 saturated carbocycles. The van der Waals surface area contributed by atoms with E-state index in [0.717, 1.165) is 0 Å². The number of methoxy groups -OCH3 is 2. The van der Waals surface area contributed by atoms with E-state index in [1.165, 1.54) is 43.4 Å². The van der Waals surface area contributed by atoms with Gasteiger partial charge in [-0.2, -0.15) is 0 Å². The molecular weight excluding hydrogens is 330 g/mol. The van der Waals surface area contributed by atoms with Crippen LogP contribution in [0.25, 0.3) is 0 Å². The monoisotopic (exact) mass is 349 g/mol. The molecule has 0 aliphatic heterocycles. The lowest BCUT2D eigenvalue weighted by molar-refractivity contribution is -0.129. The van der Waals surface area contributed by atoms with Crippen LogP contribution in [0.3, 0.4) is 0 Å². The predicted molar refractivity (Wildman–Crippen MR) is 83.8 cm³/mol. The van der Waals surface area contributed by atoms with Crippen LogP contribution in [0, 0.1) is 0 Å². The number of nitrogens with zero attached hydrogens (tertiary/aromatic N) is 1. The quantitative estimate of drug-likeness (QED) is 0.670. The van der Waals surface area contributed by atoms with Crippen molar-refractivity contribution in [2.45, 2.75) is 4.90 Å². The summed E-state index contributed by atoms with van der Waals surface area (Å²) in [6.45, 7) is 1.29. The van der Waals surface area contributed by atoms with Crippen molar-refractivity contribution in [3.63, 3.8) is 0 Å². The summed E-state index contributed by atoms with van der Waals surface area (Å²) in [7, 11) is -0.668. The molecule has 0 aromatic heterocycles. The Kier molecular flexibility index (Phi) is 7.81. The Hall–Kier alpha value is -1.15. The second-order valence-corrected chi connectivity index (χ2v) is 7.01. The molecule has 1 amide bonds. The number of hydrogen-bond acceptors (Lipinski definition) is 5. The molecule has 0 aliphatic carbocycles. The number of sulfone groups is 1. The van der Waals surface area contributed by atoms with Crippen LogP contribution in [0.2, 0.25) is 5.02 Å². The number of rotatable bonds is 9. The number of carbonyl (C=O) groups excluding carboxylic acids is 1. The van der Waals surface area contributed by atoms with Gasteiger partial charge in [0.15, 0.2) is 9.84 Å². The molecule has 22 heavy (non-hydrogen) atoms. The van der Waals surface area contributed by atoms with Crippen molar-refractivity contribution in [2.75, 3.05) is 46.3 Å². The summed E-state index contributed by atoms with van der Waals surface area (Å²) >= 11 is 5.73. The van der Waals surface area contributed by atoms with Gasteiger partial charge < -0.3 is 14.4 Å². The Morgan fingerprint density at radius 3 is 2.05 bits per heavy atom. The normalized spacial score (nSPS) is 11.4. The van der Waals surface area contributed by atoms with Crippen LogP contribution in [0.1, 0.15) is 0 Å². The fourth-order valence-electron chi connectivity index (χ4n) is 1.74. The van der Waals surface area contributed by atoms with E-state index in [4.69, 9.17) is 21.1 Å². The Bertz CT molecular complexity index is 565. The van der Waals surface area contributed by atoms with E-state index >= 15 is 0 Å². The van der Waals surface area contributed by atoms with E-state index in [1.54, 1.807) is 0 Å². The van der Waals surface area contributed by atoms with Gasteiger partial charge in [-0.25, -0.2) is 8.42 Å². The van der Waals surface area contributed by atoms with Crippen molar-refractivity contribution >= 4 is 27.3 Å². The molecule has 8 heteroatoms. The van der Waals surface area contributed by atoms with E-state index < -0.39 is 21.5 Å². The predicted octanol–water partition coefficient (Wildman–Crippen LogP) is 1.24. The molecule has 0 saturated heterocycles. The second kappa shape index (κ2) is 9.09. The lowest BCUT2D eigenvalue weighted by atomic mass is 10.4. The molecule has 0 N–H and O–H groups in total. The maximum Gasteiger partial charge on any atom is 0.238 e. The van der Waals surface area contributed by atoms with Gasteiger partial charge >= 0.3 is 0 Å².